The highest BCUT2D eigenvalue weighted by molar-refractivity contribution is 7.25. The van der Waals surface area contributed by atoms with E-state index in [9.17, 15) is 0 Å². The Hall–Kier alpha value is -1.54. The molecular weight excluding hydrogens is 262 g/mol. The molecule has 0 aliphatic rings. The quantitative estimate of drug-likeness (QED) is 0.467. The van der Waals surface area contributed by atoms with Gasteiger partial charge in [0.05, 0.1) is 0 Å². The van der Waals surface area contributed by atoms with E-state index in [4.69, 9.17) is 5.73 Å². The third-order valence-corrected chi connectivity index (χ3v) is 5.03. The summed E-state index contributed by atoms with van der Waals surface area (Å²) in [5.41, 5.74) is 8.24. The van der Waals surface area contributed by atoms with E-state index >= 15 is 0 Å². The van der Waals surface area contributed by atoms with Crippen LogP contribution in [-0.4, -0.2) is 0 Å². The molecule has 3 rings (SSSR count). The highest BCUT2D eigenvalue weighted by Gasteiger charge is 2.06. The first-order valence-corrected chi connectivity index (χ1v) is 8.30. The van der Waals surface area contributed by atoms with Crippen molar-refractivity contribution in [2.24, 2.45) is 0 Å². The lowest BCUT2D eigenvalue weighted by Gasteiger charge is -2.02. The average Bonchev–Trinajstić information content (AvgIpc) is 2.81. The Morgan fingerprint density at radius 3 is 2.45 bits per heavy atom. The number of benzene rings is 2. The molecule has 0 saturated carbocycles. The number of aryl methyl sites for hydroxylation is 1. The highest BCUT2D eigenvalue weighted by Crippen LogP contribution is 2.35. The molecule has 0 spiro atoms. The predicted octanol–water partition coefficient (Wildman–Crippen LogP) is 5.76. The van der Waals surface area contributed by atoms with E-state index < -0.39 is 0 Å². The fraction of sp³-hybridized carbons (Fsp3) is 0.333. The molecule has 0 saturated heterocycles. The number of hydrogen-bond donors (Lipinski definition) is 1. The third kappa shape index (κ3) is 2.66. The van der Waals surface area contributed by atoms with Gasteiger partial charge in [0, 0.05) is 25.9 Å². The van der Waals surface area contributed by atoms with Crippen LogP contribution in [0.2, 0.25) is 0 Å². The van der Waals surface area contributed by atoms with Crippen LogP contribution in [0.15, 0.2) is 36.4 Å². The molecule has 2 N–H and O–H groups in total. The van der Waals surface area contributed by atoms with Gasteiger partial charge in [-0.25, -0.2) is 0 Å². The summed E-state index contributed by atoms with van der Waals surface area (Å²) in [6.07, 6.45) is 6.47. The number of anilines is 1. The Balaban J connectivity index is 1.92. The van der Waals surface area contributed by atoms with Crippen LogP contribution in [-0.2, 0) is 6.42 Å². The molecule has 2 aromatic carbocycles. The second kappa shape index (κ2) is 5.84. The summed E-state index contributed by atoms with van der Waals surface area (Å²) in [5.74, 6) is 0. The Morgan fingerprint density at radius 1 is 0.900 bits per heavy atom. The number of hydrogen-bond acceptors (Lipinski definition) is 2. The zero-order valence-electron chi connectivity index (χ0n) is 12.0. The standard InChI is InChI=1S/C18H21NS/c1-2-3-4-5-6-13-7-9-17-15(11-13)16-12-14(19)8-10-18(16)20-17/h7-12H,2-6,19H2,1H3. The molecule has 1 heterocycles. The molecule has 0 aliphatic heterocycles. The number of rotatable bonds is 5. The molecule has 0 aliphatic carbocycles. The summed E-state index contributed by atoms with van der Waals surface area (Å²) in [7, 11) is 0. The summed E-state index contributed by atoms with van der Waals surface area (Å²) in [4.78, 5) is 0. The summed E-state index contributed by atoms with van der Waals surface area (Å²) >= 11 is 1.86. The van der Waals surface area contributed by atoms with Crippen molar-refractivity contribution < 1.29 is 0 Å². The van der Waals surface area contributed by atoms with Gasteiger partial charge in [-0.05, 0) is 48.7 Å². The number of unbranched alkanes of at least 4 members (excludes halogenated alkanes) is 3. The molecule has 0 bridgehead atoms. The number of thiophene rings is 1. The second-order valence-corrected chi connectivity index (χ2v) is 6.58. The van der Waals surface area contributed by atoms with Crippen LogP contribution >= 0.6 is 11.3 Å². The fourth-order valence-electron chi connectivity index (χ4n) is 2.75. The van der Waals surface area contributed by atoms with Crippen LogP contribution in [0.1, 0.15) is 38.2 Å². The van der Waals surface area contributed by atoms with E-state index in [2.05, 4.69) is 37.3 Å². The molecule has 0 unspecified atom stereocenters. The van der Waals surface area contributed by atoms with Gasteiger partial charge in [0.25, 0.3) is 0 Å². The SMILES string of the molecule is CCCCCCc1ccc2sc3ccc(N)cc3c2c1. The van der Waals surface area contributed by atoms with Crippen molar-refractivity contribution in [3.8, 4) is 0 Å². The van der Waals surface area contributed by atoms with Crippen molar-refractivity contribution in [1.29, 1.82) is 0 Å². The van der Waals surface area contributed by atoms with E-state index in [-0.39, 0.29) is 0 Å². The summed E-state index contributed by atoms with van der Waals surface area (Å²) in [6.45, 7) is 2.26. The van der Waals surface area contributed by atoms with Crippen molar-refractivity contribution in [3.63, 3.8) is 0 Å². The maximum absolute atomic E-state index is 5.93. The number of fused-ring (bicyclic) bond motifs is 3. The Bertz CT molecular complexity index is 727. The lowest BCUT2D eigenvalue weighted by molar-refractivity contribution is 0.667. The Kier molecular flexibility index (Phi) is 3.93. The van der Waals surface area contributed by atoms with Gasteiger partial charge in [-0.15, -0.1) is 11.3 Å². The molecule has 1 nitrogen and oxygen atoms in total. The first-order valence-electron chi connectivity index (χ1n) is 7.48. The largest absolute Gasteiger partial charge is 0.399 e. The van der Waals surface area contributed by atoms with Crippen LogP contribution < -0.4 is 5.73 Å². The van der Waals surface area contributed by atoms with E-state index in [0.717, 1.165) is 5.69 Å². The predicted molar refractivity (Wildman–Crippen MR) is 91.6 cm³/mol. The highest BCUT2D eigenvalue weighted by atomic mass is 32.1. The summed E-state index contributed by atoms with van der Waals surface area (Å²) in [5, 5.41) is 2.67. The third-order valence-electron chi connectivity index (χ3n) is 3.88. The normalized spacial score (nSPS) is 11.4. The first kappa shape index (κ1) is 13.4. The molecular formula is C18H21NS. The topological polar surface area (TPSA) is 26.0 Å². The van der Waals surface area contributed by atoms with Gasteiger partial charge < -0.3 is 5.73 Å². The summed E-state index contributed by atoms with van der Waals surface area (Å²) in [6, 6.07) is 13.1. The van der Waals surface area contributed by atoms with Gasteiger partial charge in [0.2, 0.25) is 0 Å². The molecule has 0 atom stereocenters. The van der Waals surface area contributed by atoms with Crippen LogP contribution in [0.25, 0.3) is 20.2 Å². The number of nitrogens with two attached hydrogens (primary N) is 1. The van der Waals surface area contributed by atoms with Crippen molar-refractivity contribution >= 4 is 37.2 Å². The lowest BCUT2D eigenvalue weighted by atomic mass is 10.0. The van der Waals surface area contributed by atoms with E-state index in [1.807, 2.05) is 17.4 Å². The zero-order valence-corrected chi connectivity index (χ0v) is 12.8. The van der Waals surface area contributed by atoms with Crippen molar-refractivity contribution in [1.82, 2.24) is 0 Å². The van der Waals surface area contributed by atoms with Crippen LogP contribution in [0.5, 0.6) is 0 Å². The molecule has 0 amide bonds. The second-order valence-electron chi connectivity index (χ2n) is 5.50. The van der Waals surface area contributed by atoms with Crippen LogP contribution in [0.4, 0.5) is 5.69 Å². The van der Waals surface area contributed by atoms with Crippen molar-refractivity contribution in [2.45, 2.75) is 39.0 Å². The van der Waals surface area contributed by atoms with Gasteiger partial charge in [-0.3, -0.25) is 0 Å². The van der Waals surface area contributed by atoms with Gasteiger partial charge in [0.15, 0.2) is 0 Å². The van der Waals surface area contributed by atoms with E-state index in [1.165, 1.54) is 57.8 Å². The van der Waals surface area contributed by atoms with Gasteiger partial charge in [0.1, 0.15) is 0 Å². The van der Waals surface area contributed by atoms with Crippen LogP contribution in [0.3, 0.4) is 0 Å². The smallest absolute Gasteiger partial charge is 0.0356 e. The molecule has 104 valence electrons. The fourth-order valence-corrected chi connectivity index (χ4v) is 3.82. The molecule has 20 heavy (non-hydrogen) atoms. The minimum Gasteiger partial charge on any atom is -0.399 e. The molecule has 2 heteroatoms. The minimum atomic E-state index is 0.852. The lowest BCUT2D eigenvalue weighted by Crippen LogP contribution is -1.85. The van der Waals surface area contributed by atoms with E-state index in [0.29, 0.717) is 0 Å². The zero-order chi connectivity index (χ0) is 13.9. The molecule has 3 aromatic rings. The van der Waals surface area contributed by atoms with Crippen molar-refractivity contribution in [3.05, 3.63) is 42.0 Å². The van der Waals surface area contributed by atoms with E-state index in [1.54, 1.807) is 0 Å². The number of nitrogen functional groups attached to an aromatic ring is 1. The van der Waals surface area contributed by atoms with Crippen LogP contribution in [0, 0.1) is 0 Å². The monoisotopic (exact) mass is 283 g/mol. The average molecular weight is 283 g/mol. The first-order chi connectivity index (χ1) is 9.78. The molecule has 0 radical (unpaired) electrons. The maximum Gasteiger partial charge on any atom is 0.0356 e. The van der Waals surface area contributed by atoms with Gasteiger partial charge in [-0.1, -0.05) is 32.3 Å². The van der Waals surface area contributed by atoms with Gasteiger partial charge in [-0.2, -0.15) is 0 Å². The molecule has 1 aromatic heterocycles. The summed E-state index contributed by atoms with van der Waals surface area (Å²) < 4.78 is 2.69. The maximum atomic E-state index is 5.93. The Labute approximate surface area is 124 Å². The van der Waals surface area contributed by atoms with Gasteiger partial charge >= 0.3 is 0 Å². The minimum absolute atomic E-state index is 0.852. The Morgan fingerprint density at radius 2 is 1.65 bits per heavy atom. The van der Waals surface area contributed by atoms with Crippen molar-refractivity contribution in [2.75, 3.05) is 5.73 Å². The molecule has 0 fully saturated rings.